The molecule has 0 saturated heterocycles. The molecule has 0 aromatic heterocycles. The third kappa shape index (κ3) is 3.26. The average molecular weight is 258 g/mol. The molecule has 0 aliphatic heterocycles. The van der Waals surface area contributed by atoms with Gasteiger partial charge in [0.05, 0.1) is 0 Å². The number of aryl methyl sites for hydroxylation is 1. The highest BCUT2D eigenvalue weighted by atomic mass is 16.1. The third-order valence-corrected chi connectivity index (χ3v) is 4.78. The maximum absolute atomic E-state index is 12.6. The molecule has 0 atom stereocenters. The van der Waals surface area contributed by atoms with Crippen molar-refractivity contribution in [3.63, 3.8) is 0 Å². The minimum Gasteiger partial charge on any atom is -0.294 e. The number of carbonyl (C=O) groups is 1. The van der Waals surface area contributed by atoms with E-state index in [4.69, 9.17) is 0 Å². The van der Waals surface area contributed by atoms with Crippen molar-refractivity contribution in [2.45, 2.75) is 59.3 Å². The van der Waals surface area contributed by atoms with Crippen molar-refractivity contribution in [2.75, 3.05) is 0 Å². The van der Waals surface area contributed by atoms with Gasteiger partial charge in [-0.2, -0.15) is 0 Å². The standard InChI is InChI=1S/C18H26O/c1-4-6-15-9-11-16(12-10-15)18(19)17-8-5-7-13(2)14(17)3/h5,7-8,15-16H,4,6,9-12H2,1-3H3. The smallest absolute Gasteiger partial charge is 0.166 e. The summed E-state index contributed by atoms with van der Waals surface area (Å²) in [4.78, 5) is 12.6. The van der Waals surface area contributed by atoms with Gasteiger partial charge in [-0.15, -0.1) is 0 Å². The monoisotopic (exact) mass is 258 g/mol. The van der Waals surface area contributed by atoms with E-state index in [1.807, 2.05) is 12.1 Å². The fourth-order valence-electron chi connectivity index (χ4n) is 3.36. The Kier molecular flexibility index (Phi) is 4.79. The van der Waals surface area contributed by atoms with Gasteiger partial charge in [0.1, 0.15) is 0 Å². The second-order valence-corrected chi connectivity index (χ2v) is 6.12. The van der Waals surface area contributed by atoms with Gasteiger partial charge < -0.3 is 0 Å². The molecule has 0 N–H and O–H groups in total. The number of ketones is 1. The first-order valence-electron chi connectivity index (χ1n) is 7.74. The van der Waals surface area contributed by atoms with E-state index in [2.05, 4.69) is 26.8 Å². The van der Waals surface area contributed by atoms with Crippen molar-refractivity contribution >= 4 is 5.78 Å². The molecule has 0 unspecified atom stereocenters. The van der Waals surface area contributed by atoms with E-state index in [1.54, 1.807) is 0 Å². The second kappa shape index (κ2) is 6.36. The van der Waals surface area contributed by atoms with Crippen LogP contribution < -0.4 is 0 Å². The van der Waals surface area contributed by atoms with Crippen molar-refractivity contribution in [3.8, 4) is 0 Å². The van der Waals surface area contributed by atoms with Gasteiger partial charge in [-0.05, 0) is 56.6 Å². The van der Waals surface area contributed by atoms with Crippen LogP contribution in [0.3, 0.4) is 0 Å². The number of rotatable bonds is 4. The maximum atomic E-state index is 12.6. The van der Waals surface area contributed by atoms with Gasteiger partial charge in [0.25, 0.3) is 0 Å². The Labute approximate surface area is 117 Å². The molecular formula is C18H26O. The van der Waals surface area contributed by atoms with E-state index >= 15 is 0 Å². The minimum absolute atomic E-state index is 0.272. The van der Waals surface area contributed by atoms with Gasteiger partial charge in [0.2, 0.25) is 0 Å². The normalized spacial score (nSPS) is 23.3. The van der Waals surface area contributed by atoms with Crippen molar-refractivity contribution in [1.82, 2.24) is 0 Å². The molecule has 1 heteroatoms. The van der Waals surface area contributed by atoms with Gasteiger partial charge in [0.15, 0.2) is 5.78 Å². The van der Waals surface area contributed by atoms with Crippen molar-refractivity contribution < 1.29 is 4.79 Å². The zero-order valence-corrected chi connectivity index (χ0v) is 12.5. The van der Waals surface area contributed by atoms with Crippen LogP contribution in [0, 0.1) is 25.7 Å². The molecule has 0 heterocycles. The lowest BCUT2D eigenvalue weighted by molar-refractivity contribution is 0.0869. The Hall–Kier alpha value is -1.11. The van der Waals surface area contributed by atoms with E-state index < -0.39 is 0 Å². The lowest BCUT2D eigenvalue weighted by Gasteiger charge is -2.27. The Morgan fingerprint density at radius 1 is 1.16 bits per heavy atom. The molecule has 0 amide bonds. The Bertz CT molecular complexity index is 439. The molecule has 0 bridgehead atoms. The quantitative estimate of drug-likeness (QED) is 0.687. The van der Waals surface area contributed by atoms with Gasteiger partial charge in [-0.3, -0.25) is 4.79 Å². The van der Waals surface area contributed by atoms with Gasteiger partial charge in [-0.1, -0.05) is 38.0 Å². The summed E-state index contributed by atoms with van der Waals surface area (Å²) in [5.41, 5.74) is 3.35. The number of hydrogen-bond acceptors (Lipinski definition) is 1. The first-order chi connectivity index (χ1) is 9.13. The van der Waals surface area contributed by atoms with Crippen LogP contribution in [0.4, 0.5) is 0 Å². The molecule has 0 radical (unpaired) electrons. The SMILES string of the molecule is CCCC1CCC(C(=O)c2cccc(C)c2C)CC1. The third-order valence-electron chi connectivity index (χ3n) is 4.78. The van der Waals surface area contributed by atoms with Crippen LogP contribution in [0.1, 0.15) is 66.9 Å². The van der Waals surface area contributed by atoms with Gasteiger partial charge in [0, 0.05) is 11.5 Å². The summed E-state index contributed by atoms with van der Waals surface area (Å²) in [6, 6.07) is 6.10. The molecule has 1 aliphatic rings. The number of Topliss-reactive ketones (excluding diaryl/α,β-unsaturated/α-hetero) is 1. The van der Waals surface area contributed by atoms with Crippen LogP contribution in [0.25, 0.3) is 0 Å². The average Bonchev–Trinajstić information content (AvgIpc) is 2.42. The predicted octanol–water partition coefficient (Wildman–Crippen LogP) is 5.09. The summed E-state index contributed by atoms with van der Waals surface area (Å²) >= 11 is 0. The largest absolute Gasteiger partial charge is 0.294 e. The molecule has 104 valence electrons. The van der Waals surface area contributed by atoms with E-state index in [1.165, 1.54) is 36.8 Å². The summed E-state index contributed by atoms with van der Waals surface area (Å²) in [5, 5.41) is 0. The van der Waals surface area contributed by atoms with Gasteiger partial charge in [-0.25, -0.2) is 0 Å². The van der Waals surface area contributed by atoms with Crippen LogP contribution in [-0.4, -0.2) is 5.78 Å². The Morgan fingerprint density at radius 3 is 2.47 bits per heavy atom. The minimum atomic E-state index is 0.272. The highest BCUT2D eigenvalue weighted by Crippen LogP contribution is 2.34. The fourth-order valence-corrected chi connectivity index (χ4v) is 3.36. The highest BCUT2D eigenvalue weighted by molar-refractivity contribution is 5.99. The van der Waals surface area contributed by atoms with Gasteiger partial charge >= 0.3 is 0 Å². The lowest BCUT2D eigenvalue weighted by atomic mass is 9.76. The van der Waals surface area contributed by atoms with Crippen molar-refractivity contribution in [2.24, 2.45) is 11.8 Å². The molecule has 1 aromatic carbocycles. The molecule has 0 spiro atoms. The molecule has 1 aromatic rings. The molecule has 1 nitrogen and oxygen atoms in total. The first-order valence-corrected chi connectivity index (χ1v) is 7.74. The first kappa shape index (κ1) is 14.3. The molecule has 1 aliphatic carbocycles. The molecule has 19 heavy (non-hydrogen) atoms. The summed E-state index contributed by atoms with van der Waals surface area (Å²) < 4.78 is 0. The number of carbonyl (C=O) groups excluding carboxylic acids is 1. The van der Waals surface area contributed by atoms with E-state index in [0.29, 0.717) is 5.78 Å². The predicted molar refractivity (Wildman–Crippen MR) is 80.6 cm³/mol. The molecule has 1 fully saturated rings. The lowest BCUT2D eigenvalue weighted by Crippen LogP contribution is -2.22. The van der Waals surface area contributed by atoms with Crippen LogP contribution >= 0.6 is 0 Å². The van der Waals surface area contributed by atoms with Crippen molar-refractivity contribution in [1.29, 1.82) is 0 Å². The molecule has 1 saturated carbocycles. The topological polar surface area (TPSA) is 17.1 Å². The molecule has 2 rings (SSSR count). The Morgan fingerprint density at radius 2 is 1.84 bits per heavy atom. The van der Waals surface area contributed by atoms with E-state index in [-0.39, 0.29) is 5.92 Å². The summed E-state index contributed by atoms with van der Waals surface area (Å²) in [6.07, 6.45) is 7.29. The van der Waals surface area contributed by atoms with E-state index in [0.717, 1.165) is 24.3 Å². The molecular weight excluding hydrogens is 232 g/mol. The summed E-state index contributed by atoms with van der Waals surface area (Å²) in [5.74, 6) is 1.53. The van der Waals surface area contributed by atoms with E-state index in [9.17, 15) is 4.79 Å². The Balaban J connectivity index is 2.03. The van der Waals surface area contributed by atoms with Crippen LogP contribution in [0.15, 0.2) is 18.2 Å². The second-order valence-electron chi connectivity index (χ2n) is 6.12. The van der Waals surface area contributed by atoms with Crippen LogP contribution in [-0.2, 0) is 0 Å². The van der Waals surface area contributed by atoms with Crippen LogP contribution in [0.2, 0.25) is 0 Å². The zero-order valence-electron chi connectivity index (χ0n) is 12.5. The zero-order chi connectivity index (χ0) is 13.8. The number of hydrogen-bond donors (Lipinski definition) is 0. The summed E-state index contributed by atoms with van der Waals surface area (Å²) in [7, 11) is 0. The number of benzene rings is 1. The maximum Gasteiger partial charge on any atom is 0.166 e. The van der Waals surface area contributed by atoms with Crippen molar-refractivity contribution in [3.05, 3.63) is 34.9 Å². The summed E-state index contributed by atoms with van der Waals surface area (Å²) in [6.45, 7) is 6.42. The van der Waals surface area contributed by atoms with Crippen LogP contribution in [0.5, 0.6) is 0 Å². The highest BCUT2D eigenvalue weighted by Gasteiger charge is 2.27. The fraction of sp³-hybridized carbons (Fsp3) is 0.611.